The first kappa shape index (κ1) is 11.2. The van der Waals surface area contributed by atoms with E-state index in [2.05, 4.69) is 5.32 Å². The molecule has 1 saturated heterocycles. The summed E-state index contributed by atoms with van der Waals surface area (Å²) >= 11 is 0. The Bertz CT molecular complexity index is 202. The van der Waals surface area contributed by atoms with Gasteiger partial charge in [0.25, 0.3) is 0 Å². The van der Waals surface area contributed by atoms with E-state index in [-0.39, 0.29) is 6.54 Å². The molecule has 4 heteroatoms. The zero-order valence-corrected chi connectivity index (χ0v) is 8.82. The standard InChI is InChI=1S/C11H18F3N/c12-11(13,14)9-4-6-10(15-7-9)5-3-8-1-2-8/h8-10,15H,1-7H2. The molecule has 0 radical (unpaired) electrons. The van der Waals surface area contributed by atoms with Crippen molar-refractivity contribution in [2.45, 2.75) is 50.7 Å². The van der Waals surface area contributed by atoms with E-state index >= 15 is 0 Å². The average Bonchev–Trinajstić information content (AvgIpc) is 2.97. The summed E-state index contributed by atoms with van der Waals surface area (Å²) in [5, 5.41) is 3.04. The molecule has 1 N–H and O–H groups in total. The van der Waals surface area contributed by atoms with Gasteiger partial charge in [-0.2, -0.15) is 13.2 Å². The number of nitrogens with one attached hydrogen (secondary N) is 1. The number of hydrogen-bond acceptors (Lipinski definition) is 1. The van der Waals surface area contributed by atoms with Crippen LogP contribution in [0.25, 0.3) is 0 Å². The quantitative estimate of drug-likeness (QED) is 0.772. The number of hydrogen-bond donors (Lipinski definition) is 1. The van der Waals surface area contributed by atoms with Gasteiger partial charge in [-0.15, -0.1) is 0 Å². The highest BCUT2D eigenvalue weighted by Gasteiger charge is 2.41. The molecule has 0 aromatic rings. The van der Waals surface area contributed by atoms with Gasteiger partial charge < -0.3 is 5.32 Å². The molecule has 88 valence electrons. The molecule has 2 rings (SSSR count). The number of rotatable bonds is 3. The number of halogens is 3. The predicted molar refractivity (Wildman–Crippen MR) is 52.5 cm³/mol. The first-order chi connectivity index (χ1) is 7.05. The van der Waals surface area contributed by atoms with Crippen molar-refractivity contribution >= 4 is 0 Å². The van der Waals surface area contributed by atoms with Crippen molar-refractivity contribution in [3.63, 3.8) is 0 Å². The fourth-order valence-corrected chi connectivity index (χ4v) is 2.28. The fourth-order valence-electron chi connectivity index (χ4n) is 2.28. The van der Waals surface area contributed by atoms with Gasteiger partial charge in [0, 0.05) is 12.6 Å². The normalized spacial score (nSPS) is 33.0. The molecule has 2 unspecified atom stereocenters. The van der Waals surface area contributed by atoms with E-state index in [0.29, 0.717) is 18.9 Å². The van der Waals surface area contributed by atoms with Gasteiger partial charge in [-0.3, -0.25) is 0 Å². The highest BCUT2D eigenvalue weighted by atomic mass is 19.4. The van der Waals surface area contributed by atoms with Crippen molar-refractivity contribution in [1.29, 1.82) is 0 Å². The van der Waals surface area contributed by atoms with Crippen LogP contribution >= 0.6 is 0 Å². The Labute approximate surface area is 88.4 Å². The molecule has 2 aliphatic rings. The lowest BCUT2D eigenvalue weighted by Crippen LogP contribution is -2.44. The summed E-state index contributed by atoms with van der Waals surface area (Å²) in [5.74, 6) is -0.234. The Morgan fingerprint density at radius 1 is 1.00 bits per heavy atom. The van der Waals surface area contributed by atoms with Gasteiger partial charge in [0.1, 0.15) is 0 Å². The monoisotopic (exact) mass is 221 g/mol. The third-order valence-corrected chi connectivity index (χ3v) is 3.60. The van der Waals surface area contributed by atoms with E-state index in [1.165, 1.54) is 19.3 Å². The van der Waals surface area contributed by atoms with Crippen molar-refractivity contribution in [3.05, 3.63) is 0 Å². The van der Waals surface area contributed by atoms with Crippen LogP contribution in [0, 0.1) is 11.8 Å². The second-order valence-corrected chi connectivity index (χ2v) is 4.94. The van der Waals surface area contributed by atoms with Crippen LogP contribution in [0.2, 0.25) is 0 Å². The topological polar surface area (TPSA) is 12.0 Å². The van der Waals surface area contributed by atoms with Gasteiger partial charge in [-0.05, 0) is 31.6 Å². The second-order valence-electron chi connectivity index (χ2n) is 4.94. The van der Waals surface area contributed by atoms with Crippen molar-refractivity contribution in [3.8, 4) is 0 Å². The van der Waals surface area contributed by atoms with Crippen LogP contribution in [0.15, 0.2) is 0 Å². The van der Waals surface area contributed by atoms with Crippen LogP contribution in [0.5, 0.6) is 0 Å². The molecule has 1 nitrogen and oxygen atoms in total. The Balaban J connectivity index is 1.67. The van der Waals surface area contributed by atoms with Gasteiger partial charge in [-0.1, -0.05) is 12.8 Å². The summed E-state index contributed by atoms with van der Waals surface area (Å²) in [6.45, 7) is 0.124. The molecule has 0 aromatic heterocycles. The van der Waals surface area contributed by atoms with E-state index in [9.17, 15) is 13.2 Å². The maximum absolute atomic E-state index is 12.4. The summed E-state index contributed by atoms with van der Waals surface area (Å²) in [4.78, 5) is 0. The smallest absolute Gasteiger partial charge is 0.313 e. The van der Waals surface area contributed by atoms with Crippen molar-refractivity contribution < 1.29 is 13.2 Å². The second kappa shape index (κ2) is 4.32. The zero-order valence-electron chi connectivity index (χ0n) is 8.82. The van der Waals surface area contributed by atoms with E-state index < -0.39 is 12.1 Å². The molecular weight excluding hydrogens is 203 g/mol. The fraction of sp³-hybridized carbons (Fsp3) is 1.00. The molecule has 1 aliphatic heterocycles. The zero-order chi connectivity index (χ0) is 10.9. The van der Waals surface area contributed by atoms with Crippen LogP contribution in [-0.2, 0) is 0 Å². The summed E-state index contributed by atoms with van der Waals surface area (Å²) in [6, 6.07) is 0.337. The molecule has 1 saturated carbocycles. The number of alkyl halides is 3. The summed E-state index contributed by atoms with van der Waals surface area (Å²) < 4.78 is 37.1. The van der Waals surface area contributed by atoms with Crippen molar-refractivity contribution in [2.75, 3.05) is 6.54 Å². The highest BCUT2D eigenvalue weighted by molar-refractivity contribution is 4.83. The van der Waals surface area contributed by atoms with Crippen molar-refractivity contribution in [2.24, 2.45) is 11.8 Å². The largest absolute Gasteiger partial charge is 0.393 e. The molecule has 1 aliphatic carbocycles. The van der Waals surface area contributed by atoms with Gasteiger partial charge in [0.2, 0.25) is 0 Å². The first-order valence-corrected chi connectivity index (χ1v) is 5.86. The molecule has 0 spiro atoms. The molecule has 0 amide bonds. The molecule has 1 heterocycles. The Hall–Kier alpha value is -0.250. The molecule has 0 bridgehead atoms. The predicted octanol–water partition coefficient (Wildman–Crippen LogP) is 3.11. The highest BCUT2D eigenvalue weighted by Crippen LogP contribution is 2.36. The van der Waals surface area contributed by atoms with Gasteiger partial charge in [0.05, 0.1) is 5.92 Å². The molecule has 2 atom stereocenters. The third-order valence-electron chi connectivity index (χ3n) is 3.60. The maximum Gasteiger partial charge on any atom is 0.393 e. The minimum Gasteiger partial charge on any atom is -0.313 e. The van der Waals surface area contributed by atoms with E-state index in [4.69, 9.17) is 0 Å². The Kier molecular flexibility index (Phi) is 3.24. The SMILES string of the molecule is FC(F)(F)C1CCC(CCC2CC2)NC1. The van der Waals surface area contributed by atoms with Gasteiger partial charge >= 0.3 is 6.18 Å². The van der Waals surface area contributed by atoms with Crippen LogP contribution in [0.3, 0.4) is 0 Å². The Morgan fingerprint density at radius 3 is 2.20 bits per heavy atom. The first-order valence-electron chi connectivity index (χ1n) is 5.86. The summed E-state index contributed by atoms with van der Waals surface area (Å²) in [5.41, 5.74) is 0. The lowest BCUT2D eigenvalue weighted by molar-refractivity contribution is -0.179. The van der Waals surface area contributed by atoms with Crippen LogP contribution in [0.4, 0.5) is 13.2 Å². The number of piperidine rings is 1. The lowest BCUT2D eigenvalue weighted by atomic mass is 9.91. The third kappa shape index (κ3) is 3.37. The summed E-state index contributed by atoms with van der Waals surface area (Å²) in [7, 11) is 0. The van der Waals surface area contributed by atoms with Gasteiger partial charge in [-0.25, -0.2) is 0 Å². The van der Waals surface area contributed by atoms with Crippen LogP contribution in [0.1, 0.15) is 38.5 Å². The minimum atomic E-state index is -4.01. The molecule has 15 heavy (non-hydrogen) atoms. The van der Waals surface area contributed by atoms with E-state index in [0.717, 1.165) is 12.3 Å². The van der Waals surface area contributed by atoms with Crippen LogP contribution < -0.4 is 5.32 Å². The lowest BCUT2D eigenvalue weighted by Gasteiger charge is -2.31. The van der Waals surface area contributed by atoms with E-state index in [1.54, 1.807) is 0 Å². The van der Waals surface area contributed by atoms with Crippen LogP contribution in [-0.4, -0.2) is 18.8 Å². The van der Waals surface area contributed by atoms with Crippen molar-refractivity contribution in [1.82, 2.24) is 5.32 Å². The minimum absolute atomic E-state index is 0.124. The average molecular weight is 221 g/mol. The van der Waals surface area contributed by atoms with E-state index in [1.807, 2.05) is 0 Å². The van der Waals surface area contributed by atoms with Gasteiger partial charge in [0.15, 0.2) is 0 Å². The molecular formula is C11H18F3N. The molecule has 2 fully saturated rings. The summed E-state index contributed by atoms with van der Waals surface area (Å²) in [6.07, 6.45) is 1.93. The molecule has 0 aromatic carbocycles. The Morgan fingerprint density at radius 2 is 1.73 bits per heavy atom. The maximum atomic E-state index is 12.4.